The SMILES string of the molecule is CC(C)CCOC1(C=O)CC1. The van der Waals surface area contributed by atoms with Gasteiger partial charge in [0.15, 0.2) is 6.29 Å². The number of hydrogen-bond donors (Lipinski definition) is 0. The number of aldehydes is 1. The van der Waals surface area contributed by atoms with Crippen LogP contribution >= 0.6 is 0 Å². The van der Waals surface area contributed by atoms with Crippen molar-refractivity contribution < 1.29 is 9.53 Å². The Morgan fingerprint density at radius 3 is 2.55 bits per heavy atom. The summed E-state index contributed by atoms with van der Waals surface area (Å²) in [7, 11) is 0. The standard InChI is InChI=1S/C9H16O2/c1-8(2)3-6-11-9(7-10)4-5-9/h7-8H,3-6H2,1-2H3. The Hall–Kier alpha value is -0.370. The molecule has 1 saturated carbocycles. The molecule has 11 heavy (non-hydrogen) atoms. The van der Waals surface area contributed by atoms with Crippen LogP contribution in [0, 0.1) is 5.92 Å². The molecule has 0 aromatic carbocycles. The number of hydrogen-bond acceptors (Lipinski definition) is 2. The van der Waals surface area contributed by atoms with Gasteiger partial charge in [-0.1, -0.05) is 13.8 Å². The first-order valence-electron chi connectivity index (χ1n) is 4.29. The fraction of sp³-hybridized carbons (Fsp3) is 0.889. The first-order chi connectivity index (χ1) is 5.18. The van der Waals surface area contributed by atoms with Crippen molar-refractivity contribution in [2.75, 3.05) is 6.61 Å². The van der Waals surface area contributed by atoms with Crippen molar-refractivity contribution in [2.45, 2.75) is 38.7 Å². The van der Waals surface area contributed by atoms with Crippen LogP contribution in [0.15, 0.2) is 0 Å². The maximum Gasteiger partial charge on any atom is 0.151 e. The van der Waals surface area contributed by atoms with E-state index in [1.54, 1.807) is 0 Å². The minimum atomic E-state index is -0.352. The van der Waals surface area contributed by atoms with E-state index in [9.17, 15) is 4.79 Å². The fourth-order valence-corrected chi connectivity index (χ4v) is 0.917. The Kier molecular flexibility index (Phi) is 2.66. The fourth-order valence-electron chi connectivity index (χ4n) is 0.917. The van der Waals surface area contributed by atoms with Crippen molar-refractivity contribution >= 4 is 6.29 Å². The maximum atomic E-state index is 10.4. The second-order valence-electron chi connectivity index (χ2n) is 3.71. The summed E-state index contributed by atoms with van der Waals surface area (Å²) in [6, 6.07) is 0. The molecule has 0 aromatic rings. The molecule has 0 unspecified atom stereocenters. The lowest BCUT2D eigenvalue weighted by Crippen LogP contribution is -2.17. The van der Waals surface area contributed by atoms with E-state index in [2.05, 4.69) is 13.8 Å². The van der Waals surface area contributed by atoms with Gasteiger partial charge in [0.2, 0.25) is 0 Å². The van der Waals surface area contributed by atoms with Gasteiger partial charge in [-0.05, 0) is 25.2 Å². The minimum Gasteiger partial charge on any atom is -0.368 e. The third-order valence-corrected chi connectivity index (χ3v) is 2.04. The summed E-state index contributed by atoms with van der Waals surface area (Å²) in [5.41, 5.74) is -0.352. The molecule has 0 spiro atoms. The highest BCUT2D eigenvalue weighted by molar-refractivity contribution is 5.66. The van der Waals surface area contributed by atoms with Gasteiger partial charge in [-0.25, -0.2) is 0 Å². The molecule has 0 N–H and O–H groups in total. The molecule has 0 aromatic heterocycles. The molecule has 0 saturated heterocycles. The largest absolute Gasteiger partial charge is 0.368 e. The van der Waals surface area contributed by atoms with Crippen LogP contribution in [0.5, 0.6) is 0 Å². The van der Waals surface area contributed by atoms with Gasteiger partial charge in [0.25, 0.3) is 0 Å². The molecule has 0 bridgehead atoms. The van der Waals surface area contributed by atoms with E-state index in [4.69, 9.17) is 4.74 Å². The summed E-state index contributed by atoms with van der Waals surface area (Å²) in [5.74, 6) is 0.664. The second kappa shape index (κ2) is 3.35. The predicted octanol–water partition coefficient (Wildman–Crippen LogP) is 1.78. The van der Waals surface area contributed by atoms with Crippen LogP contribution in [-0.4, -0.2) is 18.5 Å². The Morgan fingerprint density at radius 2 is 2.18 bits per heavy atom. The molecule has 1 rings (SSSR count). The van der Waals surface area contributed by atoms with Crippen LogP contribution < -0.4 is 0 Å². The van der Waals surface area contributed by atoms with E-state index in [-0.39, 0.29) is 5.60 Å². The zero-order valence-corrected chi connectivity index (χ0v) is 7.30. The van der Waals surface area contributed by atoms with Gasteiger partial charge >= 0.3 is 0 Å². The summed E-state index contributed by atoms with van der Waals surface area (Å²) in [6.45, 7) is 5.05. The first kappa shape index (κ1) is 8.72. The highest BCUT2D eigenvalue weighted by atomic mass is 16.5. The topological polar surface area (TPSA) is 26.3 Å². The number of carbonyl (C=O) groups excluding carboxylic acids is 1. The quantitative estimate of drug-likeness (QED) is 0.567. The van der Waals surface area contributed by atoms with Crippen molar-refractivity contribution in [1.82, 2.24) is 0 Å². The lowest BCUT2D eigenvalue weighted by Gasteiger charge is -2.10. The Bertz CT molecular complexity index is 136. The summed E-state index contributed by atoms with van der Waals surface area (Å²) in [4.78, 5) is 10.4. The van der Waals surface area contributed by atoms with Gasteiger partial charge in [0.1, 0.15) is 5.60 Å². The highest BCUT2D eigenvalue weighted by Gasteiger charge is 2.43. The smallest absolute Gasteiger partial charge is 0.151 e. The van der Waals surface area contributed by atoms with Crippen molar-refractivity contribution in [3.05, 3.63) is 0 Å². The van der Waals surface area contributed by atoms with Crippen LogP contribution in [0.2, 0.25) is 0 Å². The summed E-state index contributed by atoms with van der Waals surface area (Å²) >= 11 is 0. The average molecular weight is 156 g/mol. The van der Waals surface area contributed by atoms with Gasteiger partial charge < -0.3 is 9.53 Å². The monoisotopic (exact) mass is 156 g/mol. The zero-order chi connectivity index (χ0) is 8.32. The van der Waals surface area contributed by atoms with E-state index in [0.717, 1.165) is 32.2 Å². The van der Waals surface area contributed by atoms with E-state index in [0.29, 0.717) is 5.92 Å². The molecule has 0 atom stereocenters. The van der Waals surface area contributed by atoms with Gasteiger partial charge in [-0.2, -0.15) is 0 Å². The molecule has 2 nitrogen and oxygen atoms in total. The molecular weight excluding hydrogens is 140 g/mol. The summed E-state index contributed by atoms with van der Waals surface area (Å²) in [6.07, 6.45) is 3.85. The lowest BCUT2D eigenvalue weighted by atomic mass is 10.1. The van der Waals surface area contributed by atoms with Crippen LogP contribution in [0.1, 0.15) is 33.1 Å². The van der Waals surface area contributed by atoms with Crippen molar-refractivity contribution in [3.8, 4) is 0 Å². The molecule has 1 aliphatic rings. The van der Waals surface area contributed by atoms with Gasteiger partial charge in [0.05, 0.1) is 0 Å². The first-order valence-corrected chi connectivity index (χ1v) is 4.29. The van der Waals surface area contributed by atoms with Gasteiger partial charge in [-0.3, -0.25) is 0 Å². The van der Waals surface area contributed by atoms with E-state index in [1.807, 2.05) is 0 Å². The van der Waals surface area contributed by atoms with Crippen molar-refractivity contribution in [3.63, 3.8) is 0 Å². The third kappa shape index (κ3) is 2.62. The third-order valence-electron chi connectivity index (χ3n) is 2.04. The lowest BCUT2D eigenvalue weighted by molar-refractivity contribution is -0.120. The molecule has 0 radical (unpaired) electrons. The molecule has 0 aliphatic heterocycles. The molecule has 0 amide bonds. The maximum absolute atomic E-state index is 10.4. The average Bonchev–Trinajstić information content (AvgIpc) is 2.69. The van der Waals surface area contributed by atoms with Gasteiger partial charge in [0, 0.05) is 6.61 Å². The molecule has 2 heteroatoms. The number of rotatable bonds is 5. The van der Waals surface area contributed by atoms with E-state index in [1.165, 1.54) is 0 Å². The second-order valence-corrected chi connectivity index (χ2v) is 3.71. The number of carbonyl (C=O) groups is 1. The highest BCUT2D eigenvalue weighted by Crippen LogP contribution is 2.37. The molecule has 0 heterocycles. The van der Waals surface area contributed by atoms with Crippen molar-refractivity contribution in [1.29, 1.82) is 0 Å². The normalized spacial score (nSPS) is 20.3. The number of ether oxygens (including phenoxy) is 1. The van der Waals surface area contributed by atoms with E-state index >= 15 is 0 Å². The zero-order valence-electron chi connectivity index (χ0n) is 7.30. The molecule has 1 fully saturated rings. The van der Waals surface area contributed by atoms with Crippen molar-refractivity contribution in [2.24, 2.45) is 5.92 Å². The van der Waals surface area contributed by atoms with Crippen LogP contribution in [0.3, 0.4) is 0 Å². The van der Waals surface area contributed by atoms with Gasteiger partial charge in [-0.15, -0.1) is 0 Å². The van der Waals surface area contributed by atoms with Crippen LogP contribution in [0.4, 0.5) is 0 Å². The Balaban J connectivity index is 2.07. The van der Waals surface area contributed by atoms with Crippen LogP contribution in [-0.2, 0) is 9.53 Å². The Labute approximate surface area is 67.9 Å². The van der Waals surface area contributed by atoms with E-state index < -0.39 is 0 Å². The molecule has 64 valence electrons. The molecule has 1 aliphatic carbocycles. The van der Waals surface area contributed by atoms with Crippen LogP contribution in [0.25, 0.3) is 0 Å². The molecular formula is C9H16O2. The minimum absolute atomic E-state index is 0.352. The summed E-state index contributed by atoms with van der Waals surface area (Å²) < 4.78 is 5.43. The summed E-state index contributed by atoms with van der Waals surface area (Å²) in [5, 5.41) is 0. The Morgan fingerprint density at radius 1 is 1.55 bits per heavy atom. The predicted molar refractivity (Wildman–Crippen MR) is 43.4 cm³/mol.